The van der Waals surface area contributed by atoms with Crippen LogP contribution in [0.3, 0.4) is 0 Å². The standard InChI is InChI=1S/C12H22F3N3O/c1-10(16,12(13,14)15)9(19)18(4)8-11(17(2)3)6-5-7-11/h5-8,16H2,1-4H3. The Bertz CT molecular complexity index is 349. The van der Waals surface area contributed by atoms with Crippen molar-refractivity contribution in [2.45, 2.75) is 43.4 Å². The van der Waals surface area contributed by atoms with Gasteiger partial charge < -0.3 is 15.5 Å². The molecule has 112 valence electrons. The highest BCUT2D eigenvalue weighted by Crippen LogP contribution is 2.37. The van der Waals surface area contributed by atoms with Crippen LogP contribution in [0.5, 0.6) is 0 Å². The fourth-order valence-electron chi connectivity index (χ4n) is 2.36. The average Bonchev–Trinajstić information content (AvgIpc) is 2.19. The molecule has 0 radical (unpaired) electrons. The molecule has 0 saturated heterocycles. The Morgan fingerprint density at radius 3 is 2.00 bits per heavy atom. The van der Waals surface area contributed by atoms with E-state index in [1.807, 2.05) is 19.0 Å². The summed E-state index contributed by atoms with van der Waals surface area (Å²) in [6, 6.07) is 0. The molecule has 1 saturated carbocycles. The van der Waals surface area contributed by atoms with E-state index in [1.54, 1.807) is 0 Å². The zero-order chi connectivity index (χ0) is 15.1. The second-order valence-corrected chi connectivity index (χ2v) is 5.83. The van der Waals surface area contributed by atoms with E-state index in [4.69, 9.17) is 5.73 Å². The van der Waals surface area contributed by atoms with E-state index in [-0.39, 0.29) is 12.1 Å². The highest BCUT2D eigenvalue weighted by atomic mass is 19.4. The summed E-state index contributed by atoms with van der Waals surface area (Å²) in [5.74, 6) is -1.09. The van der Waals surface area contributed by atoms with Crippen molar-refractivity contribution >= 4 is 5.91 Å². The van der Waals surface area contributed by atoms with Crippen LogP contribution in [0.25, 0.3) is 0 Å². The van der Waals surface area contributed by atoms with Crippen LogP contribution in [0.15, 0.2) is 0 Å². The van der Waals surface area contributed by atoms with Crippen molar-refractivity contribution in [1.29, 1.82) is 0 Å². The molecule has 7 heteroatoms. The topological polar surface area (TPSA) is 49.6 Å². The number of alkyl halides is 3. The zero-order valence-electron chi connectivity index (χ0n) is 11.8. The van der Waals surface area contributed by atoms with Crippen LogP contribution in [0.4, 0.5) is 13.2 Å². The zero-order valence-corrected chi connectivity index (χ0v) is 11.8. The number of halogens is 3. The quantitative estimate of drug-likeness (QED) is 0.842. The van der Waals surface area contributed by atoms with Crippen LogP contribution in [0.1, 0.15) is 26.2 Å². The molecule has 4 nitrogen and oxygen atoms in total. The Morgan fingerprint density at radius 1 is 1.26 bits per heavy atom. The lowest BCUT2D eigenvalue weighted by Crippen LogP contribution is -2.65. The molecule has 0 heterocycles. The van der Waals surface area contributed by atoms with E-state index in [0.717, 1.165) is 31.1 Å². The van der Waals surface area contributed by atoms with Gasteiger partial charge in [-0.1, -0.05) is 0 Å². The van der Waals surface area contributed by atoms with Gasteiger partial charge in [0.1, 0.15) is 0 Å². The molecule has 0 bridgehead atoms. The first kappa shape index (κ1) is 16.2. The van der Waals surface area contributed by atoms with Crippen LogP contribution >= 0.6 is 0 Å². The molecule has 2 N–H and O–H groups in total. The highest BCUT2D eigenvalue weighted by Gasteiger charge is 2.55. The van der Waals surface area contributed by atoms with Crippen LogP contribution in [-0.4, -0.2) is 60.6 Å². The maximum atomic E-state index is 12.7. The van der Waals surface area contributed by atoms with Gasteiger partial charge in [0.15, 0.2) is 5.54 Å². The van der Waals surface area contributed by atoms with Crippen molar-refractivity contribution in [3.05, 3.63) is 0 Å². The maximum absolute atomic E-state index is 12.7. The number of hydrogen-bond donors (Lipinski definition) is 1. The minimum Gasteiger partial charge on any atom is -0.342 e. The predicted molar refractivity (Wildman–Crippen MR) is 66.6 cm³/mol. The Hall–Kier alpha value is -0.820. The van der Waals surface area contributed by atoms with Crippen molar-refractivity contribution in [3.8, 4) is 0 Å². The molecule has 1 aliphatic carbocycles. The van der Waals surface area contributed by atoms with Crippen molar-refractivity contribution < 1.29 is 18.0 Å². The molecule has 1 rings (SSSR count). The molecule has 0 aromatic rings. The Morgan fingerprint density at radius 2 is 1.74 bits per heavy atom. The number of hydrogen-bond acceptors (Lipinski definition) is 3. The van der Waals surface area contributed by atoms with Crippen LogP contribution in [0, 0.1) is 0 Å². The number of carbonyl (C=O) groups excluding carboxylic acids is 1. The average molecular weight is 281 g/mol. The number of amides is 1. The summed E-state index contributed by atoms with van der Waals surface area (Å²) in [5.41, 5.74) is 2.11. The fraction of sp³-hybridized carbons (Fsp3) is 0.917. The molecule has 0 spiro atoms. The van der Waals surface area contributed by atoms with E-state index in [2.05, 4.69) is 0 Å². The van der Waals surface area contributed by atoms with E-state index < -0.39 is 17.6 Å². The first-order chi connectivity index (χ1) is 8.44. The third-order valence-electron chi connectivity index (χ3n) is 4.14. The monoisotopic (exact) mass is 281 g/mol. The summed E-state index contributed by atoms with van der Waals surface area (Å²) in [6.07, 6.45) is -1.96. The minimum absolute atomic E-state index is 0.216. The highest BCUT2D eigenvalue weighted by molar-refractivity contribution is 5.86. The summed E-state index contributed by atoms with van der Waals surface area (Å²) in [6.45, 7) is 0.983. The molecule has 1 amide bonds. The normalized spacial score (nSPS) is 21.7. The summed E-state index contributed by atoms with van der Waals surface area (Å²) < 4.78 is 38.2. The van der Waals surface area contributed by atoms with Crippen molar-refractivity contribution in [2.75, 3.05) is 27.7 Å². The van der Waals surface area contributed by atoms with Gasteiger partial charge in [0.25, 0.3) is 5.91 Å². The Labute approximate surface area is 111 Å². The van der Waals surface area contributed by atoms with E-state index in [0.29, 0.717) is 0 Å². The second-order valence-electron chi connectivity index (χ2n) is 5.83. The smallest absolute Gasteiger partial charge is 0.342 e. The van der Waals surface area contributed by atoms with Gasteiger partial charge >= 0.3 is 6.18 Å². The van der Waals surface area contributed by atoms with Gasteiger partial charge in [0.2, 0.25) is 0 Å². The molecule has 1 unspecified atom stereocenters. The summed E-state index contributed by atoms with van der Waals surface area (Å²) >= 11 is 0. The van der Waals surface area contributed by atoms with Gasteiger partial charge in [-0.2, -0.15) is 13.2 Å². The van der Waals surface area contributed by atoms with Crippen LogP contribution in [-0.2, 0) is 4.79 Å². The Balaban J connectivity index is 2.79. The first-order valence-electron chi connectivity index (χ1n) is 6.23. The van der Waals surface area contributed by atoms with Gasteiger partial charge in [0, 0.05) is 19.1 Å². The summed E-state index contributed by atoms with van der Waals surface area (Å²) in [7, 11) is 5.13. The lowest BCUT2D eigenvalue weighted by molar-refractivity contribution is -0.194. The lowest BCUT2D eigenvalue weighted by atomic mass is 9.75. The maximum Gasteiger partial charge on any atom is 0.415 e. The number of rotatable bonds is 4. The van der Waals surface area contributed by atoms with Gasteiger partial charge in [-0.15, -0.1) is 0 Å². The molecule has 0 aromatic carbocycles. The van der Waals surface area contributed by atoms with Gasteiger partial charge in [-0.3, -0.25) is 4.79 Å². The molecule has 1 aliphatic rings. The SMILES string of the molecule is CN(CC1(N(C)C)CCC1)C(=O)C(C)(N)C(F)(F)F. The lowest BCUT2D eigenvalue weighted by Gasteiger charge is -2.49. The molecule has 1 atom stereocenters. The van der Waals surface area contributed by atoms with Crippen molar-refractivity contribution in [3.63, 3.8) is 0 Å². The second kappa shape index (κ2) is 4.94. The van der Waals surface area contributed by atoms with Gasteiger partial charge in [0.05, 0.1) is 0 Å². The molecule has 19 heavy (non-hydrogen) atoms. The fourth-order valence-corrected chi connectivity index (χ4v) is 2.36. The number of nitrogens with zero attached hydrogens (tertiary/aromatic N) is 2. The molecular weight excluding hydrogens is 259 g/mol. The number of likely N-dealkylation sites (N-methyl/N-ethyl adjacent to an activating group) is 2. The largest absolute Gasteiger partial charge is 0.415 e. The molecule has 0 aliphatic heterocycles. The molecule has 1 fully saturated rings. The van der Waals surface area contributed by atoms with E-state index in [1.165, 1.54) is 7.05 Å². The van der Waals surface area contributed by atoms with Gasteiger partial charge in [-0.05, 0) is 40.3 Å². The van der Waals surface area contributed by atoms with E-state index >= 15 is 0 Å². The third-order valence-corrected chi connectivity index (χ3v) is 4.14. The van der Waals surface area contributed by atoms with Crippen molar-refractivity contribution in [1.82, 2.24) is 9.80 Å². The predicted octanol–water partition coefficient (Wildman–Crippen LogP) is 1.21. The minimum atomic E-state index is -4.75. The van der Waals surface area contributed by atoms with Gasteiger partial charge in [-0.25, -0.2) is 0 Å². The van der Waals surface area contributed by atoms with E-state index in [9.17, 15) is 18.0 Å². The first-order valence-corrected chi connectivity index (χ1v) is 6.23. The molecular formula is C12H22F3N3O. The number of nitrogens with two attached hydrogens (primary N) is 1. The Kier molecular flexibility index (Phi) is 4.22. The summed E-state index contributed by atoms with van der Waals surface area (Å²) in [5, 5.41) is 0. The number of carbonyl (C=O) groups is 1. The third kappa shape index (κ3) is 2.86. The van der Waals surface area contributed by atoms with Crippen LogP contribution < -0.4 is 5.73 Å². The molecule has 0 aromatic heterocycles. The van der Waals surface area contributed by atoms with Crippen molar-refractivity contribution in [2.24, 2.45) is 5.73 Å². The van der Waals surface area contributed by atoms with Crippen LogP contribution in [0.2, 0.25) is 0 Å². The summed E-state index contributed by atoms with van der Waals surface area (Å²) in [4.78, 5) is 15.0.